The van der Waals surface area contributed by atoms with E-state index in [1.54, 1.807) is 0 Å². The highest BCUT2D eigenvalue weighted by atomic mass is 32.1. The largest absolute Gasteiger partial charge is 0.465 e. The van der Waals surface area contributed by atoms with Gasteiger partial charge in [0.15, 0.2) is 5.13 Å². The van der Waals surface area contributed by atoms with Gasteiger partial charge in [0.05, 0.1) is 12.6 Å². The average Bonchev–Trinajstić information content (AvgIpc) is 3.22. The third-order valence-corrected chi connectivity index (χ3v) is 4.06. The number of nitrogens with zero attached hydrogens (tertiary/aromatic N) is 4. The van der Waals surface area contributed by atoms with Crippen LogP contribution in [-0.4, -0.2) is 60.6 Å². The number of carbonyl (C=O) groups excluding carboxylic acids is 3. The topological polar surface area (TPSA) is 168 Å². The van der Waals surface area contributed by atoms with Crippen molar-refractivity contribution in [2.45, 2.75) is 18.6 Å². The lowest BCUT2D eigenvalue weighted by atomic mass is 9.98. The molecule has 13 heteroatoms. The molecule has 1 aliphatic rings. The standard InChI is InChI=1S/C12H11N7O5S/c20-8(6-2-25-11(16-6)18-12(23)24)10(22)17-7-5(15-9(7)21)1-19-4-13-3-14-19/h2-5,7H,1H2,(H,15,21)(H,16,18)(H,17,22)(H,23,24). The number of Topliss-reactive ketones (excluding diaryl/α,β-unsaturated/α-hetero) is 1. The van der Waals surface area contributed by atoms with E-state index < -0.39 is 35.8 Å². The Morgan fingerprint density at radius 2 is 2.20 bits per heavy atom. The van der Waals surface area contributed by atoms with Crippen molar-refractivity contribution in [3.8, 4) is 0 Å². The van der Waals surface area contributed by atoms with Crippen LogP contribution < -0.4 is 16.0 Å². The van der Waals surface area contributed by atoms with Crippen LogP contribution in [0.4, 0.5) is 9.93 Å². The van der Waals surface area contributed by atoms with E-state index >= 15 is 0 Å². The molecule has 0 bridgehead atoms. The van der Waals surface area contributed by atoms with Gasteiger partial charge in [-0.15, -0.1) is 11.3 Å². The Kier molecular flexibility index (Phi) is 4.38. The summed E-state index contributed by atoms with van der Waals surface area (Å²) in [6.07, 6.45) is 1.46. The van der Waals surface area contributed by atoms with E-state index in [2.05, 4.69) is 25.7 Å². The Balaban J connectivity index is 1.60. The van der Waals surface area contributed by atoms with Gasteiger partial charge in [-0.2, -0.15) is 5.10 Å². The van der Waals surface area contributed by atoms with Crippen LogP contribution in [0.2, 0.25) is 0 Å². The molecule has 3 amide bonds. The van der Waals surface area contributed by atoms with Gasteiger partial charge in [0.1, 0.15) is 24.4 Å². The number of ketones is 1. The van der Waals surface area contributed by atoms with Crippen molar-refractivity contribution in [1.82, 2.24) is 30.4 Å². The zero-order valence-corrected chi connectivity index (χ0v) is 13.2. The summed E-state index contributed by atoms with van der Waals surface area (Å²) in [7, 11) is 0. The van der Waals surface area contributed by atoms with Gasteiger partial charge in [-0.05, 0) is 0 Å². The minimum atomic E-state index is -1.33. The second kappa shape index (κ2) is 6.64. The zero-order valence-electron chi connectivity index (χ0n) is 12.4. The number of hydrogen-bond acceptors (Lipinski definition) is 8. The molecule has 0 saturated carbocycles. The van der Waals surface area contributed by atoms with Gasteiger partial charge in [-0.3, -0.25) is 24.4 Å². The third kappa shape index (κ3) is 3.60. The molecule has 3 rings (SSSR count). The monoisotopic (exact) mass is 365 g/mol. The number of carboxylic acid groups (broad SMARTS) is 1. The second-order valence-electron chi connectivity index (χ2n) is 4.98. The minimum Gasteiger partial charge on any atom is -0.465 e. The van der Waals surface area contributed by atoms with E-state index in [-0.39, 0.29) is 17.4 Å². The van der Waals surface area contributed by atoms with Crippen LogP contribution in [0.1, 0.15) is 10.5 Å². The summed E-state index contributed by atoms with van der Waals surface area (Å²) < 4.78 is 1.48. The SMILES string of the molecule is O=C(O)Nc1nc(C(=O)C(=O)NC2C(=O)NC2Cn2cncn2)cs1. The van der Waals surface area contributed by atoms with Crippen LogP contribution >= 0.6 is 11.3 Å². The van der Waals surface area contributed by atoms with Crippen LogP contribution in [0.15, 0.2) is 18.0 Å². The molecule has 12 nitrogen and oxygen atoms in total. The maximum absolute atomic E-state index is 12.0. The molecule has 0 aliphatic carbocycles. The Labute approximate surface area is 143 Å². The van der Waals surface area contributed by atoms with E-state index in [0.717, 1.165) is 11.3 Å². The van der Waals surface area contributed by atoms with Crippen molar-refractivity contribution in [2.24, 2.45) is 0 Å². The molecule has 2 unspecified atom stereocenters. The van der Waals surface area contributed by atoms with E-state index in [9.17, 15) is 19.2 Å². The molecule has 1 fully saturated rings. The van der Waals surface area contributed by atoms with Gasteiger partial charge in [-0.1, -0.05) is 0 Å². The van der Waals surface area contributed by atoms with Gasteiger partial charge in [0.25, 0.3) is 11.7 Å². The van der Waals surface area contributed by atoms with Crippen LogP contribution in [-0.2, 0) is 16.1 Å². The van der Waals surface area contributed by atoms with Gasteiger partial charge in [0.2, 0.25) is 5.91 Å². The lowest BCUT2D eigenvalue weighted by Crippen LogP contribution is -2.70. The quantitative estimate of drug-likeness (QED) is 0.278. The number of carbonyl (C=O) groups is 4. The molecule has 25 heavy (non-hydrogen) atoms. The van der Waals surface area contributed by atoms with Crippen LogP contribution in [0.5, 0.6) is 0 Å². The number of thiazole rings is 1. The molecule has 0 aromatic carbocycles. The van der Waals surface area contributed by atoms with E-state index in [1.165, 1.54) is 22.7 Å². The first-order valence-corrected chi connectivity index (χ1v) is 7.75. The molecule has 2 atom stereocenters. The fourth-order valence-electron chi connectivity index (χ4n) is 2.14. The van der Waals surface area contributed by atoms with Crippen LogP contribution in [0.25, 0.3) is 0 Å². The van der Waals surface area contributed by atoms with Gasteiger partial charge in [-0.25, -0.2) is 14.8 Å². The van der Waals surface area contributed by atoms with Gasteiger partial charge in [0, 0.05) is 5.38 Å². The smallest absolute Gasteiger partial charge is 0.410 e. The molecule has 4 N–H and O–H groups in total. The van der Waals surface area contributed by atoms with E-state index in [1.807, 2.05) is 5.32 Å². The van der Waals surface area contributed by atoms with Gasteiger partial charge >= 0.3 is 6.09 Å². The predicted molar refractivity (Wildman–Crippen MR) is 82.0 cm³/mol. The molecular weight excluding hydrogens is 354 g/mol. The van der Waals surface area contributed by atoms with Crippen molar-refractivity contribution >= 4 is 40.2 Å². The summed E-state index contributed by atoms with van der Waals surface area (Å²) in [6.45, 7) is 0.286. The number of nitrogens with one attached hydrogen (secondary N) is 3. The summed E-state index contributed by atoms with van der Waals surface area (Å²) in [6, 6.07) is -1.30. The predicted octanol–water partition coefficient (Wildman–Crippen LogP) is -1.31. The third-order valence-electron chi connectivity index (χ3n) is 3.31. The highest BCUT2D eigenvalue weighted by Gasteiger charge is 2.41. The molecule has 2 aromatic rings. The van der Waals surface area contributed by atoms with Crippen LogP contribution in [0, 0.1) is 0 Å². The Morgan fingerprint density at radius 3 is 2.84 bits per heavy atom. The molecule has 3 heterocycles. The van der Waals surface area contributed by atoms with Gasteiger partial charge < -0.3 is 15.7 Å². The molecule has 0 spiro atoms. The number of β-lactam (4-membered cyclic amide) rings is 1. The summed E-state index contributed by atoms with van der Waals surface area (Å²) >= 11 is 0.864. The molecule has 1 aliphatic heterocycles. The first-order chi connectivity index (χ1) is 11.9. The molecular formula is C12H11N7O5S. The summed E-state index contributed by atoms with van der Waals surface area (Å²) in [4.78, 5) is 53.7. The number of hydrogen-bond donors (Lipinski definition) is 4. The van der Waals surface area contributed by atoms with Crippen molar-refractivity contribution in [1.29, 1.82) is 0 Å². The lowest BCUT2D eigenvalue weighted by molar-refractivity contribution is -0.135. The normalized spacial score (nSPS) is 18.8. The van der Waals surface area contributed by atoms with E-state index in [0.29, 0.717) is 0 Å². The fraction of sp³-hybridized carbons (Fsp3) is 0.250. The Hall–Kier alpha value is -3.35. The Bertz CT molecular complexity index is 833. The fourth-order valence-corrected chi connectivity index (χ4v) is 2.82. The molecule has 130 valence electrons. The summed E-state index contributed by atoms with van der Waals surface area (Å²) in [5.74, 6) is -2.39. The maximum atomic E-state index is 12.0. The zero-order chi connectivity index (χ0) is 18.0. The maximum Gasteiger partial charge on any atom is 0.410 e. The minimum absolute atomic E-state index is 0.0332. The Morgan fingerprint density at radius 1 is 1.40 bits per heavy atom. The van der Waals surface area contributed by atoms with Crippen molar-refractivity contribution in [3.05, 3.63) is 23.7 Å². The van der Waals surface area contributed by atoms with Crippen LogP contribution in [0.3, 0.4) is 0 Å². The summed E-state index contributed by atoms with van der Waals surface area (Å²) in [5.41, 5.74) is -0.209. The van der Waals surface area contributed by atoms with E-state index in [4.69, 9.17) is 5.11 Å². The number of anilines is 1. The number of amides is 3. The number of rotatable bonds is 6. The molecule has 0 radical (unpaired) electrons. The van der Waals surface area contributed by atoms with Crippen molar-refractivity contribution < 1.29 is 24.3 Å². The molecule has 2 aromatic heterocycles. The van der Waals surface area contributed by atoms with Crippen molar-refractivity contribution in [2.75, 3.05) is 5.32 Å². The molecule has 1 saturated heterocycles. The highest BCUT2D eigenvalue weighted by molar-refractivity contribution is 7.14. The summed E-state index contributed by atoms with van der Waals surface area (Å²) in [5, 5.41) is 20.6. The number of aromatic nitrogens is 4. The van der Waals surface area contributed by atoms with Crippen molar-refractivity contribution in [3.63, 3.8) is 0 Å². The average molecular weight is 365 g/mol. The first-order valence-electron chi connectivity index (χ1n) is 6.87. The first kappa shape index (κ1) is 16.5. The highest BCUT2D eigenvalue weighted by Crippen LogP contribution is 2.16. The lowest BCUT2D eigenvalue weighted by Gasteiger charge is -2.36. The second-order valence-corrected chi connectivity index (χ2v) is 5.84.